The summed E-state index contributed by atoms with van der Waals surface area (Å²) in [6.07, 6.45) is -1.05. The number of alkyl halides is 3. The van der Waals surface area contributed by atoms with Gasteiger partial charge in [-0.05, 0) is 53.6 Å². The number of Topliss-reactive ketones (excluding diaryl/α,β-unsaturated/α-hetero) is 1. The van der Waals surface area contributed by atoms with Gasteiger partial charge < -0.3 is 14.8 Å². The Morgan fingerprint density at radius 2 is 1.76 bits per heavy atom. The van der Waals surface area contributed by atoms with Crippen LogP contribution in [0.2, 0.25) is 0 Å². The van der Waals surface area contributed by atoms with E-state index in [1.807, 2.05) is 36.4 Å². The first kappa shape index (κ1) is 21.1. The van der Waals surface area contributed by atoms with Gasteiger partial charge in [-0.1, -0.05) is 42.5 Å². The van der Waals surface area contributed by atoms with E-state index >= 15 is 0 Å². The highest BCUT2D eigenvalue weighted by Gasteiger charge is 2.37. The number of hydrogen-bond acceptors (Lipinski definition) is 4. The Labute approximate surface area is 188 Å². The van der Waals surface area contributed by atoms with Gasteiger partial charge in [-0.2, -0.15) is 13.2 Å². The van der Waals surface area contributed by atoms with Crippen molar-refractivity contribution in [3.8, 4) is 5.75 Å². The molecule has 0 atom stereocenters. The van der Waals surface area contributed by atoms with Crippen LogP contribution in [0.25, 0.3) is 22.4 Å². The molecule has 2 aliphatic rings. The van der Waals surface area contributed by atoms with E-state index in [-0.39, 0.29) is 28.8 Å². The molecule has 0 spiro atoms. The Bertz CT molecular complexity index is 1320. The van der Waals surface area contributed by atoms with Gasteiger partial charge in [0.2, 0.25) is 11.7 Å². The molecule has 168 valence electrons. The fourth-order valence-electron chi connectivity index (χ4n) is 3.91. The zero-order chi connectivity index (χ0) is 23.2. The van der Waals surface area contributed by atoms with Crippen LogP contribution >= 0.6 is 0 Å². The number of nitrogens with one attached hydrogen (secondary N) is 1. The quantitative estimate of drug-likeness (QED) is 0.489. The van der Waals surface area contributed by atoms with Crippen molar-refractivity contribution in [2.24, 2.45) is 0 Å². The SMILES string of the molecule is COc1cccc2c(C=C3OC(NC4CC4)=C(c4cccc(C(F)(F)F)c4)C3=O)cccc12. The lowest BCUT2D eigenvalue weighted by Crippen LogP contribution is -2.16. The molecule has 3 aromatic rings. The number of methoxy groups -OCH3 is 1. The second-order valence-corrected chi connectivity index (χ2v) is 8.04. The van der Waals surface area contributed by atoms with Crippen LogP contribution in [0.1, 0.15) is 29.5 Å². The van der Waals surface area contributed by atoms with Crippen molar-refractivity contribution in [2.45, 2.75) is 25.1 Å². The summed E-state index contributed by atoms with van der Waals surface area (Å²) in [6, 6.07) is 16.1. The minimum atomic E-state index is -4.51. The number of carbonyl (C=O) groups is 1. The minimum absolute atomic E-state index is 0.0564. The Kier molecular flexibility index (Phi) is 5.12. The van der Waals surface area contributed by atoms with Crippen LogP contribution in [-0.4, -0.2) is 18.9 Å². The largest absolute Gasteiger partial charge is 0.496 e. The molecule has 1 heterocycles. The van der Waals surface area contributed by atoms with E-state index in [9.17, 15) is 18.0 Å². The average molecular weight is 451 g/mol. The zero-order valence-corrected chi connectivity index (χ0v) is 17.7. The fourth-order valence-corrected chi connectivity index (χ4v) is 3.91. The minimum Gasteiger partial charge on any atom is -0.496 e. The van der Waals surface area contributed by atoms with Gasteiger partial charge in [0.05, 0.1) is 18.2 Å². The second kappa shape index (κ2) is 7.99. The average Bonchev–Trinajstić information content (AvgIpc) is 3.56. The highest BCUT2D eigenvalue weighted by molar-refractivity contribution is 6.31. The number of ether oxygens (including phenoxy) is 2. The zero-order valence-electron chi connectivity index (χ0n) is 17.7. The summed E-state index contributed by atoms with van der Waals surface area (Å²) < 4.78 is 51.1. The number of ketones is 1. The van der Waals surface area contributed by atoms with E-state index in [0.29, 0.717) is 5.75 Å². The third-order valence-electron chi connectivity index (χ3n) is 5.70. The van der Waals surface area contributed by atoms with Gasteiger partial charge in [0.1, 0.15) is 5.75 Å². The second-order valence-electron chi connectivity index (χ2n) is 8.04. The molecule has 5 rings (SSSR count). The molecule has 1 saturated carbocycles. The maximum absolute atomic E-state index is 13.3. The topological polar surface area (TPSA) is 47.6 Å². The summed E-state index contributed by atoms with van der Waals surface area (Å²) in [6.45, 7) is 0. The lowest BCUT2D eigenvalue weighted by atomic mass is 9.98. The highest BCUT2D eigenvalue weighted by Crippen LogP contribution is 2.38. The van der Waals surface area contributed by atoms with Crippen LogP contribution in [0.3, 0.4) is 0 Å². The molecule has 1 fully saturated rings. The number of fused-ring (bicyclic) bond motifs is 1. The van der Waals surface area contributed by atoms with Crippen LogP contribution in [0.15, 0.2) is 72.3 Å². The third kappa shape index (κ3) is 4.06. The molecule has 3 aromatic carbocycles. The molecule has 0 saturated heterocycles. The Morgan fingerprint density at radius 1 is 1.03 bits per heavy atom. The number of rotatable bonds is 5. The van der Waals surface area contributed by atoms with Gasteiger partial charge in [-0.25, -0.2) is 0 Å². The lowest BCUT2D eigenvalue weighted by Gasteiger charge is -2.10. The predicted molar refractivity (Wildman–Crippen MR) is 119 cm³/mol. The first-order valence-corrected chi connectivity index (χ1v) is 10.5. The van der Waals surface area contributed by atoms with Crippen molar-refractivity contribution in [1.82, 2.24) is 5.32 Å². The van der Waals surface area contributed by atoms with Crippen LogP contribution in [0.5, 0.6) is 5.75 Å². The normalized spacial score (nSPS) is 17.6. The van der Waals surface area contributed by atoms with Gasteiger partial charge in [0.15, 0.2) is 5.76 Å². The number of allylic oxidation sites excluding steroid dienone is 1. The van der Waals surface area contributed by atoms with Crippen molar-refractivity contribution in [2.75, 3.05) is 7.11 Å². The maximum Gasteiger partial charge on any atom is 0.416 e. The van der Waals surface area contributed by atoms with Gasteiger partial charge in [-0.15, -0.1) is 0 Å². The number of carbonyl (C=O) groups excluding carboxylic acids is 1. The Hall–Kier alpha value is -3.74. The molecule has 0 amide bonds. The van der Waals surface area contributed by atoms with Crippen LogP contribution in [-0.2, 0) is 15.7 Å². The molecule has 1 N–H and O–H groups in total. The molecule has 7 heteroatoms. The van der Waals surface area contributed by atoms with Gasteiger partial charge >= 0.3 is 6.18 Å². The molecular formula is C26H20F3NO3. The van der Waals surface area contributed by atoms with Crippen LogP contribution in [0.4, 0.5) is 13.2 Å². The van der Waals surface area contributed by atoms with E-state index in [1.165, 1.54) is 12.1 Å². The molecule has 0 aromatic heterocycles. The smallest absolute Gasteiger partial charge is 0.416 e. The Morgan fingerprint density at radius 3 is 2.48 bits per heavy atom. The first-order chi connectivity index (χ1) is 15.8. The van der Waals surface area contributed by atoms with Crippen molar-refractivity contribution in [3.05, 3.63) is 89.0 Å². The van der Waals surface area contributed by atoms with Gasteiger partial charge in [0, 0.05) is 11.4 Å². The molecule has 0 radical (unpaired) electrons. The standard InChI is InChI=1S/C26H20F3NO3/c1-32-21-10-4-8-19-15(5-3-9-20(19)21)14-22-24(31)23(25(33-22)30-18-11-12-18)16-6-2-7-17(13-16)26(27,28)29/h2-10,13-14,18,30H,11-12H2,1H3. The number of hydrogen-bond donors (Lipinski definition) is 1. The van der Waals surface area contributed by atoms with Gasteiger partial charge in [0.25, 0.3) is 0 Å². The predicted octanol–water partition coefficient (Wildman–Crippen LogP) is 5.93. The summed E-state index contributed by atoms with van der Waals surface area (Å²) in [5.41, 5.74) is 0.202. The molecule has 1 aliphatic carbocycles. The molecule has 0 unspecified atom stereocenters. The van der Waals surface area contributed by atoms with Crippen molar-refractivity contribution in [1.29, 1.82) is 0 Å². The van der Waals surface area contributed by atoms with Crippen molar-refractivity contribution < 1.29 is 27.4 Å². The van der Waals surface area contributed by atoms with E-state index < -0.39 is 17.5 Å². The van der Waals surface area contributed by atoms with Crippen LogP contribution < -0.4 is 10.1 Å². The molecule has 0 bridgehead atoms. The molecule has 33 heavy (non-hydrogen) atoms. The fraction of sp³-hybridized carbons (Fsp3) is 0.192. The molecular weight excluding hydrogens is 431 g/mol. The van der Waals surface area contributed by atoms with Crippen molar-refractivity contribution >= 4 is 28.2 Å². The summed E-state index contributed by atoms with van der Waals surface area (Å²) in [7, 11) is 1.59. The van der Waals surface area contributed by atoms with Crippen LogP contribution in [0, 0.1) is 0 Å². The highest BCUT2D eigenvalue weighted by atomic mass is 19.4. The van der Waals surface area contributed by atoms with Crippen molar-refractivity contribution in [3.63, 3.8) is 0 Å². The van der Waals surface area contributed by atoms with Gasteiger partial charge in [-0.3, -0.25) is 4.79 Å². The van der Waals surface area contributed by atoms with E-state index in [4.69, 9.17) is 9.47 Å². The van der Waals surface area contributed by atoms with E-state index in [0.717, 1.165) is 41.3 Å². The molecule has 4 nitrogen and oxygen atoms in total. The first-order valence-electron chi connectivity index (χ1n) is 10.5. The van der Waals surface area contributed by atoms with E-state index in [2.05, 4.69) is 5.32 Å². The summed E-state index contributed by atoms with van der Waals surface area (Å²) in [5.74, 6) is 0.495. The monoisotopic (exact) mass is 451 g/mol. The maximum atomic E-state index is 13.3. The number of halogens is 3. The summed E-state index contributed by atoms with van der Waals surface area (Å²) in [5, 5.41) is 4.90. The summed E-state index contributed by atoms with van der Waals surface area (Å²) >= 11 is 0. The number of benzene rings is 3. The Balaban J connectivity index is 1.57. The third-order valence-corrected chi connectivity index (χ3v) is 5.70. The lowest BCUT2D eigenvalue weighted by molar-refractivity contribution is -0.137. The molecule has 1 aliphatic heterocycles. The van der Waals surface area contributed by atoms with E-state index in [1.54, 1.807) is 13.2 Å². The summed E-state index contributed by atoms with van der Waals surface area (Å²) in [4.78, 5) is 13.3.